The van der Waals surface area contributed by atoms with E-state index in [-0.39, 0.29) is 24.2 Å². The van der Waals surface area contributed by atoms with E-state index in [4.69, 9.17) is 4.74 Å². The van der Waals surface area contributed by atoms with Crippen LogP contribution in [-0.2, 0) is 4.74 Å². The molecule has 0 unspecified atom stereocenters. The normalized spacial score (nSPS) is 13.5. The summed E-state index contributed by atoms with van der Waals surface area (Å²) in [6.45, 7) is 2.05. The van der Waals surface area contributed by atoms with Gasteiger partial charge < -0.3 is 10.1 Å². The van der Waals surface area contributed by atoms with Crippen LogP contribution >= 0.6 is 0 Å². The molecule has 0 saturated heterocycles. The molecule has 0 spiro atoms. The molecule has 6 heteroatoms. The van der Waals surface area contributed by atoms with E-state index in [9.17, 15) is 9.59 Å². The maximum atomic E-state index is 12.5. The van der Waals surface area contributed by atoms with Crippen molar-refractivity contribution in [2.45, 2.75) is 32.2 Å². The zero-order chi connectivity index (χ0) is 22.8. The van der Waals surface area contributed by atoms with Gasteiger partial charge in [-0.25, -0.2) is 9.48 Å². The smallest absolute Gasteiger partial charge is 0.358 e. The molecule has 4 aromatic rings. The quantitative estimate of drug-likeness (QED) is 0.422. The fourth-order valence-corrected chi connectivity index (χ4v) is 4.01. The van der Waals surface area contributed by atoms with Crippen LogP contribution in [0.15, 0.2) is 72.8 Å². The van der Waals surface area contributed by atoms with E-state index in [2.05, 4.69) is 34.7 Å². The van der Waals surface area contributed by atoms with Gasteiger partial charge in [0.05, 0.1) is 18.0 Å². The van der Waals surface area contributed by atoms with Gasteiger partial charge in [0.1, 0.15) is 0 Å². The number of benzene rings is 3. The molecule has 0 aliphatic heterocycles. The first-order valence-corrected chi connectivity index (χ1v) is 11.3. The lowest BCUT2D eigenvalue weighted by Gasteiger charge is -2.26. The van der Waals surface area contributed by atoms with Crippen LogP contribution in [0.3, 0.4) is 0 Å². The third-order valence-corrected chi connectivity index (χ3v) is 6.05. The van der Waals surface area contributed by atoms with Crippen LogP contribution in [0.2, 0.25) is 0 Å². The summed E-state index contributed by atoms with van der Waals surface area (Å²) in [4.78, 5) is 24.9. The molecule has 3 aromatic carbocycles. The van der Waals surface area contributed by atoms with Crippen LogP contribution in [0, 0.1) is 0 Å². The van der Waals surface area contributed by atoms with Crippen molar-refractivity contribution in [3.8, 4) is 16.9 Å². The number of fused-ring (bicyclic) bond motifs is 1. The number of ether oxygens (including phenoxy) is 1. The Bertz CT molecular complexity index is 1320. The van der Waals surface area contributed by atoms with Crippen LogP contribution < -0.4 is 5.32 Å². The van der Waals surface area contributed by atoms with Gasteiger partial charge in [-0.3, -0.25) is 4.79 Å². The lowest BCUT2D eigenvalue weighted by Crippen LogP contribution is -2.39. The summed E-state index contributed by atoms with van der Waals surface area (Å²) < 4.78 is 6.90. The maximum Gasteiger partial charge on any atom is 0.358 e. The molecule has 1 saturated carbocycles. The summed E-state index contributed by atoms with van der Waals surface area (Å²) in [5.74, 6) is -0.525. The van der Waals surface area contributed by atoms with E-state index in [1.54, 1.807) is 29.8 Å². The van der Waals surface area contributed by atoms with Gasteiger partial charge in [0.15, 0.2) is 5.69 Å². The van der Waals surface area contributed by atoms with E-state index < -0.39 is 5.97 Å². The van der Waals surface area contributed by atoms with E-state index >= 15 is 0 Å². The van der Waals surface area contributed by atoms with Crippen molar-refractivity contribution in [1.29, 1.82) is 0 Å². The number of rotatable bonds is 6. The van der Waals surface area contributed by atoms with Crippen molar-refractivity contribution in [3.05, 3.63) is 84.1 Å². The highest BCUT2D eigenvalue weighted by Crippen LogP contribution is 2.28. The number of hydrogen-bond acceptors (Lipinski definition) is 4. The van der Waals surface area contributed by atoms with Crippen LogP contribution in [0.5, 0.6) is 0 Å². The van der Waals surface area contributed by atoms with E-state index in [1.165, 1.54) is 6.42 Å². The number of hydrogen-bond donors (Lipinski definition) is 1. The molecule has 1 aliphatic rings. The molecule has 1 aliphatic carbocycles. The molecule has 5 rings (SSSR count). The highest BCUT2D eigenvalue weighted by Gasteiger charge is 2.21. The number of aromatic nitrogens is 2. The van der Waals surface area contributed by atoms with Gasteiger partial charge in [-0.2, -0.15) is 5.10 Å². The Kier molecular flexibility index (Phi) is 5.65. The van der Waals surface area contributed by atoms with Crippen molar-refractivity contribution in [1.82, 2.24) is 15.1 Å². The standard InChI is InChI=1S/C27H25N3O3/c1-2-33-27(32)24-17-25(21-11-10-18-6-3-4-7-20(18)16-21)30(29-24)23-14-12-19(13-15-23)26(31)28-22-8-5-9-22/h3-4,6-7,10-17,22H,2,5,8-9H2,1H3,(H,28,31). The SMILES string of the molecule is CCOC(=O)c1cc(-c2ccc3ccccc3c2)n(-c2ccc(C(=O)NC3CCC3)cc2)n1. The molecule has 0 atom stereocenters. The minimum absolute atomic E-state index is 0.0614. The summed E-state index contributed by atoms with van der Waals surface area (Å²) in [7, 11) is 0. The summed E-state index contributed by atoms with van der Waals surface area (Å²) in [6, 6.07) is 23.6. The fourth-order valence-electron chi connectivity index (χ4n) is 4.01. The first kappa shape index (κ1) is 20.9. The van der Waals surface area contributed by atoms with Crippen LogP contribution in [-0.4, -0.2) is 34.3 Å². The van der Waals surface area contributed by atoms with Crippen molar-refractivity contribution in [3.63, 3.8) is 0 Å². The number of carbonyl (C=O) groups excluding carboxylic acids is 2. The number of nitrogens with zero attached hydrogens (tertiary/aromatic N) is 2. The fraction of sp³-hybridized carbons (Fsp3) is 0.222. The van der Waals surface area contributed by atoms with E-state index in [0.29, 0.717) is 5.56 Å². The maximum absolute atomic E-state index is 12.5. The predicted molar refractivity (Wildman–Crippen MR) is 128 cm³/mol. The van der Waals surface area contributed by atoms with Crippen molar-refractivity contribution in [2.75, 3.05) is 6.61 Å². The Balaban J connectivity index is 1.52. The number of nitrogens with one attached hydrogen (secondary N) is 1. The first-order chi connectivity index (χ1) is 16.1. The molecule has 6 nitrogen and oxygen atoms in total. The number of amides is 1. The molecular weight excluding hydrogens is 414 g/mol. The molecule has 1 heterocycles. The average Bonchev–Trinajstić information content (AvgIpc) is 3.27. The Morgan fingerprint density at radius 2 is 1.76 bits per heavy atom. The molecule has 1 fully saturated rings. The second-order valence-corrected chi connectivity index (χ2v) is 8.26. The summed E-state index contributed by atoms with van der Waals surface area (Å²) in [5.41, 5.74) is 3.32. The molecule has 1 aromatic heterocycles. The van der Waals surface area contributed by atoms with Gasteiger partial charge in [-0.15, -0.1) is 0 Å². The average molecular weight is 440 g/mol. The van der Waals surface area contributed by atoms with Gasteiger partial charge >= 0.3 is 5.97 Å². The largest absolute Gasteiger partial charge is 0.461 e. The number of esters is 1. The second kappa shape index (κ2) is 8.90. The minimum atomic E-state index is -0.463. The molecule has 0 bridgehead atoms. The predicted octanol–water partition coefficient (Wildman–Crippen LogP) is 5.15. The van der Waals surface area contributed by atoms with Gasteiger partial charge in [-0.1, -0.05) is 36.4 Å². The molecule has 1 amide bonds. The van der Waals surface area contributed by atoms with Crippen LogP contribution in [0.25, 0.3) is 27.7 Å². The van der Waals surface area contributed by atoms with Gasteiger partial charge in [-0.05, 0) is 73.4 Å². The van der Waals surface area contributed by atoms with Crippen molar-refractivity contribution in [2.24, 2.45) is 0 Å². The molecule has 1 N–H and O–H groups in total. The Labute approximate surface area is 192 Å². The summed E-state index contributed by atoms with van der Waals surface area (Å²) in [6.07, 6.45) is 3.26. The molecule has 166 valence electrons. The van der Waals surface area contributed by atoms with Gasteiger partial charge in [0, 0.05) is 17.2 Å². The highest BCUT2D eigenvalue weighted by molar-refractivity contribution is 5.95. The third kappa shape index (κ3) is 4.24. The van der Waals surface area contributed by atoms with Crippen molar-refractivity contribution >= 4 is 22.6 Å². The summed E-state index contributed by atoms with van der Waals surface area (Å²) >= 11 is 0. The Morgan fingerprint density at radius 3 is 2.45 bits per heavy atom. The lowest BCUT2D eigenvalue weighted by atomic mass is 9.93. The Morgan fingerprint density at radius 1 is 1.00 bits per heavy atom. The van der Waals surface area contributed by atoms with Crippen molar-refractivity contribution < 1.29 is 14.3 Å². The van der Waals surface area contributed by atoms with E-state index in [1.807, 2.05) is 30.3 Å². The molecule has 0 radical (unpaired) electrons. The van der Waals surface area contributed by atoms with E-state index in [0.717, 1.165) is 40.6 Å². The minimum Gasteiger partial charge on any atom is -0.461 e. The highest BCUT2D eigenvalue weighted by atomic mass is 16.5. The zero-order valence-electron chi connectivity index (χ0n) is 18.5. The number of carbonyl (C=O) groups is 2. The topological polar surface area (TPSA) is 73.2 Å². The van der Waals surface area contributed by atoms with Gasteiger partial charge in [0.2, 0.25) is 0 Å². The lowest BCUT2D eigenvalue weighted by molar-refractivity contribution is 0.0518. The summed E-state index contributed by atoms with van der Waals surface area (Å²) in [5, 5.41) is 9.84. The second-order valence-electron chi connectivity index (χ2n) is 8.26. The molecular formula is C27H25N3O3. The zero-order valence-corrected chi connectivity index (χ0v) is 18.5. The van der Waals surface area contributed by atoms with Crippen LogP contribution in [0.1, 0.15) is 47.0 Å². The van der Waals surface area contributed by atoms with Gasteiger partial charge in [0.25, 0.3) is 5.91 Å². The van der Waals surface area contributed by atoms with Crippen LogP contribution in [0.4, 0.5) is 0 Å². The molecule has 33 heavy (non-hydrogen) atoms. The monoisotopic (exact) mass is 439 g/mol. The third-order valence-electron chi connectivity index (χ3n) is 6.05. The Hall–Kier alpha value is -3.93. The first-order valence-electron chi connectivity index (χ1n) is 11.3.